The predicted octanol–water partition coefficient (Wildman–Crippen LogP) is 4.85. The lowest BCUT2D eigenvalue weighted by Crippen LogP contribution is -2.39. The maximum Gasteiger partial charge on any atom is 0.278 e. The molecular weight excluding hydrogens is 551 g/mol. The third-order valence-corrected chi connectivity index (χ3v) is 9.48. The van der Waals surface area contributed by atoms with E-state index in [0.29, 0.717) is 24.7 Å². The van der Waals surface area contributed by atoms with Crippen LogP contribution in [0.4, 0.5) is 4.39 Å². The van der Waals surface area contributed by atoms with Crippen molar-refractivity contribution >= 4 is 45.1 Å². The SMILES string of the molecule is CN/N=C\C(=N)[S+]([O-])N1CC2C(COc3ccc(Cl)cc3)C2(c2cc3cnn(-c4ccc(F)cc4)c3cc2C)C1. The summed E-state index contributed by atoms with van der Waals surface area (Å²) >= 11 is 4.42. The monoisotopic (exact) mass is 578 g/mol. The van der Waals surface area contributed by atoms with Crippen molar-refractivity contribution in [3.05, 3.63) is 88.8 Å². The Morgan fingerprint density at radius 1 is 1.27 bits per heavy atom. The Kier molecular flexibility index (Phi) is 7.03. The minimum absolute atomic E-state index is 0.0486. The number of nitrogens with zero attached hydrogens (tertiary/aromatic N) is 4. The number of aromatic nitrogens is 2. The number of nitrogens with one attached hydrogen (secondary N) is 2. The van der Waals surface area contributed by atoms with Crippen LogP contribution < -0.4 is 10.2 Å². The lowest BCUT2D eigenvalue weighted by Gasteiger charge is -2.25. The minimum atomic E-state index is -1.62. The quantitative estimate of drug-likeness (QED) is 0.135. The second-order valence-electron chi connectivity index (χ2n) is 10.2. The summed E-state index contributed by atoms with van der Waals surface area (Å²) in [6.45, 7) is 3.72. The molecule has 4 aromatic rings. The zero-order valence-corrected chi connectivity index (χ0v) is 23.5. The number of fused-ring (bicyclic) bond motifs is 2. The molecule has 11 heteroatoms. The van der Waals surface area contributed by atoms with E-state index >= 15 is 0 Å². The van der Waals surface area contributed by atoms with Gasteiger partial charge in [-0.15, -0.1) is 4.31 Å². The molecule has 206 valence electrons. The van der Waals surface area contributed by atoms with E-state index in [1.165, 1.54) is 23.9 Å². The van der Waals surface area contributed by atoms with Crippen molar-refractivity contribution in [2.45, 2.75) is 12.3 Å². The predicted molar refractivity (Wildman–Crippen MR) is 156 cm³/mol. The van der Waals surface area contributed by atoms with Crippen LogP contribution in [0.15, 0.2) is 72.0 Å². The first-order valence-corrected chi connectivity index (χ1v) is 14.4. The molecular formula is C29H28ClFN6O2S. The summed E-state index contributed by atoms with van der Waals surface area (Å²) in [5, 5.41) is 18.2. The highest BCUT2D eigenvalue weighted by atomic mass is 35.5. The molecule has 4 atom stereocenters. The zero-order valence-electron chi connectivity index (χ0n) is 22.0. The van der Waals surface area contributed by atoms with Gasteiger partial charge in [-0.2, -0.15) is 10.2 Å². The standard InChI is InChI=1S/C29H28ClFN6O2S/c1-18-11-27-19(13-35-37(27)22-7-5-21(31)6-8-22)12-24(18)29-17-36(40(38)28(32)14-34-33-2)15-25(29)26(29)16-39-23-9-3-20(30)4-10-23/h3-14,25-26,32-33H,15-17H2,1-2H3/b32-28?,34-14-. The van der Waals surface area contributed by atoms with Crippen molar-refractivity contribution in [3.63, 3.8) is 0 Å². The first kappa shape index (κ1) is 26.8. The van der Waals surface area contributed by atoms with Crippen molar-refractivity contribution in [2.75, 3.05) is 26.7 Å². The van der Waals surface area contributed by atoms with Gasteiger partial charge in [-0.3, -0.25) is 5.41 Å². The Balaban J connectivity index is 1.33. The average Bonchev–Trinajstić information content (AvgIpc) is 3.22. The number of benzene rings is 3. The van der Waals surface area contributed by atoms with Crippen LogP contribution in [0.1, 0.15) is 11.1 Å². The molecule has 1 aliphatic carbocycles. The Hall–Kier alpha value is -3.44. The maximum atomic E-state index is 13.5. The van der Waals surface area contributed by atoms with E-state index in [2.05, 4.69) is 34.7 Å². The summed E-state index contributed by atoms with van der Waals surface area (Å²) in [4.78, 5) is 0. The van der Waals surface area contributed by atoms with E-state index in [1.54, 1.807) is 31.3 Å². The molecule has 0 radical (unpaired) electrons. The molecule has 2 aliphatic rings. The van der Waals surface area contributed by atoms with E-state index < -0.39 is 11.4 Å². The van der Waals surface area contributed by atoms with Crippen LogP contribution in [0.5, 0.6) is 5.75 Å². The Labute approximate surface area is 239 Å². The molecule has 1 saturated heterocycles. The van der Waals surface area contributed by atoms with E-state index in [1.807, 2.05) is 27.3 Å². The van der Waals surface area contributed by atoms with E-state index in [4.69, 9.17) is 21.7 Å². The molecule has 0 spiro atoms. The molecule has 1 aliphatic heterocycles. The first-order chi connectivity index (χ1) is 19.3. The summed E-state index contributed by atoms with van der Waals surface area (Å²) < 4.78 is 36.6. The zero-order chi connectivity index (χ0) is 28.0. The normalized spacial score (nSPS) is 22.9. The Bertz CT molecular complexity index is 1590. The molecule has 1 saturated carbocycles. The fourth-order valence-electron chi connectivity index (χ4n) is 6.07. The lowest BCUT2D eigenvalue weighted by molar-refractivity contribution is 0.262. The number of halogens is 2. The topological polar surface area (TPSA) is 102 Å². The van der Waals surface area contributed by atoms with Gasteiger partial charge in [-0.1, -0.05) is 11.6 Å². The van der Waals surface area contributed by atoms with Gasteiger partial charge < -0.3 is 14.7 Å². The summed E-state index contributed by atoms with van der Waals surface area (Å²) in [6, 6.07) is 17.9. The number of hydrogen-bond acceptors (Lipinski definition) is 7. The van der Waals surface area contributed by atoms with Crippen LogP contribution in [-0.2, 0) is 16.8 Å². The number of rotatable bonds is 8. The van der Waals surface area contributed by atoms with Crippen molar-refractivity contribution in [3.8, 4) is 11.4 Å². The number of piperidine rings is 1. The second-order valence-corrected chi connectivity index (χ2v) is 12.1. The molecule has 8 nitrogen and oxygen atoms in total. The van der Waals surface area contributed by atoms with Gasteiger partial charge in [0.1, 0.15) is 29.1 Å². The molecule has 1 aromatic heterocycles. The van der Waals surface area contributed by atoms with Gasteiger partial charge in [0.25, 0.3) is 5.04 Å². The second kappa shape index (κ2) is 10.5. The van der Waals surface area contributed by atoms with Crippen molar-refractivity contribution in [1.29, 1.82) is 5.41 Å². The molecule has 0 bridgehead atoms. The molecule has 4 unspecified atom stereocenters. The van der Waals surface area contributed by atoms with Crippen molar-refractivity contribution in [1.82, 2.24) is 19.5 Å². The third-order valence-electron chi connectivity index (χ3n) is 8.00. The van der Waals surface area contributed by atoms with Gasteiger partial charge in [-0.25, -0.2) is 9.07 Å². The van der Waals surface area contributed by atoms with Crippen LogP contribution in [0.25, 0.3) is 16.6 Å². The van der Waals surface area contributed by atoms with Gasteiger partial charge in [0.2, 0.25) is 0 Å². The fraction of sp³-hybridized carbons (Fsp3) is 0.276. The Morgan fingerprint density at radius 3 is 2.75 bits per heavy atom. The van der Waals surface area contributed by atoms with E-state index in [-0.39, 0.29) is 28.1 Å². The summed E-state index contributed by atoms with van der Waals surface area (Å²) in [7, 11) is 1.63. The largest absolute Gasteiger partial charge is 0.591 e. The van der Waals surface area contributed by atoms with Crippen LogP contribution >= 0.6 is 11.6 Å². The van der Waals surface area contributed by atoms with Crippen LogP contribution in [0.3, 0.4) is 0 Å². The van der Waals surface area contributed by atoms with Gasteiger partial charge in [-0.05, 0) is 84.6 Å². The van der Waals surface area contributed by atoms with E-state index in [9.17, 15) is 8.94 Å². The molecule has 2 N–H and O–H groups in total. The summed E-state index contributed by atoms with van der Waals surface area (Å²) in [5.74, 6) is 0.877. The fourth-order valence-corrected chi connectivity index (χ4v) is 7.25. The number of hydrogen-bond donors (Lipinski definition) is 2. The minimum Gasteiger partial charge on any atom is -0.591 e. The van der Waals surface area contributed by atoms with Gasteiger partial charge in [0.05, 0.1) is 30.6 Å². The Morgan fingerprint density at radius 2 is 2.02 bits per heavy atom. The highest BCUT2D eigenvalue weighted by Gasteiger charge is 2.72. The highest BCUT2D eigenvalue weighted by molar-refractivity contribution is 8.06. The molecule has 40 heavy (non-hydrogen) atoms. The summed E-state index contributed by atoms with van der Waals surface area (Å²) in [6.07, 6.45) is 3.11. The van der Waals surface area contributed by atoms with E-state index in [0.717, 1.165) is 27.9 Å². The number of hydrazone groups is 1. The van der Waals surface area contributed by atoms with Crippen LogP contribution in [0, 0.1) is 30.0 Å². The van der Waals surface area contributed by atoms with Crippen LogP contribution in [0.2, 0.25) is 5.02 Å². The van der Waals surface area contributed by atoms with Gasteiger partial charge in [0.15, 0.2) is 0 Å². The highest BCUT2D eigenvalue weighted by Crippen LogP contribution is 2.65. The average molecular weight is 579 g/mol. The smallest absolute Gasteiger partial charge is 0.278 e. The maximum absolute atomic E-state index is 13.5. The lowest BCUT2D eigenvalue weighted by atomic mass is 9.88. The first-order valence-electron chi connectivity index (χ1n) is 12.9. The molecule has 0 amide bonds. The van der Waals surface area contributed by atoms with Crippen molar-refractivity contribution in [2.24, 2.45) is 16.9 Å². The number of aryl methyl sites for hydroxylation is 1. The molecule has 3 aromatic carbocycles. The molecule has 2 heterocycles. The van der Waals surface area contributed by atoms with Gasteiger partial charge in [0, 0.05) is 35.3 Å². The molecule has 2 fully saturated rings. The summed E-state index contributed by atoms with van der Waals surface area (Å²) in [5.41, 5.74) is 6.30. The van der Waals surface area contributed by atoms with Crippen LogP contribution in [-0.4, -0.2) is 56.6 Å². The molecule has 6 rings (SSSR count). The third kappa shape index (κ3) is 4.64. The van der Waals surface area contributed by atoms with Crippen molar-refractivity contribution < 1.29 is 13.7 Å². The number of ether oxygens (including phenoxy) is 1. The van der Waals surface area contributed by atoms with Gasteiger partial charge >= 0.3 is 0 Å².